The normalized spacial score (nSPS) is 22.8. The molecule has 0 aliphatic carbocycles. The van der Waals surface area contributed by atoms with Crippen LogP contribution in [0.3, 0.4) is 0 Å². The van der Waals surface area contributed by atoms with E-state index in [2.05, 4.69) is 15.3 Å². The number of carbonyl (C=O) groups is 2. The van der Waals surface area contributed by atoms with E-state index in [9.17, 15) is 19.6 Å². The summed E-state index contributed by atoms with van der Waals surface area (Å²) in [6, 6.07) is 11.0. The quantitative estimate of drug-likeness (QED) is 0.720. The summed E-state index contributed by atoms with van der Waals surface area (Å²) < 4.78 is 5.14. The molecule has 1 amide bonds. The van der Waals surface area contributed by atoms with Crippen LogP contribution in [0.25, 0.3) is 0 Å². The van der Waals surface area contributed by atoms with Crippen LogP contribution in [0.4, 0.5) is 11.8 Å². The number of anilines is 2. The lowest BCUT2D eigenvalue weighted by Gasteiger charge is -2.33. The van der Waals surface area contributed by atoms with Gasteiger partial charge in [-0.25, -0.2) is 0 Å². The number of aromatic amines is 1. The number of H-pyrrole nitrogens is 1. The maximum atomic E-state index is 13.1. The van der Waals surface area contributed by atoms with Crippen molar-refractivity contribution in [3.8, 4) is 6.07 Å². The molecule has 1 aromatic carbocycles. The molecule has 3 atom stereocenters. The van der Waals surface area contributed by atoms with Crippen LogP contribution in [0, 0.1) is 23.2 Å². The molecule has 0 spiro atoms. The minimum Gasteiger partial charge on any atom is -0.466 e. The monoisotopic (exact) mass is 421 g/mol. The van der Waals surface area contributed by atoms with Crippen LogP contribution in [0.2, 0.25) is 0 Å². The second-order valence-electron chi connectivity index (χ2n) is 7.67. The third kappa shape index (κ3) is 3.89. The van der Waals surface area contributed by atoms with Crippen molar-refractivity contribution in [2.75, 3.05) is 29.9 Å². The first-order valence-electron chi connectivity index (χ1n) is 10.3. The highest BCUT2D eigenvalue weighted by Crippen LogP contribution is 2.38. The molecule has 1 aromatic heterocycles. The van der Waals surface area contributed by atoms with Crippen LogP contribution in [-0.2, 0) is 14.3 Å². The summed E-state index contributed by atoms with van der Waals surface area (Å²) in [6.07, 6.45) is 1.46. The van der Waals surface area contributed by atoms with E-state index in [1.165, 1.54) is 0 Å². The lowest BCUT2D eigenvalue weighted by Crippen LogP contribution is -2.43. The zero-order valence-corrected chi connectivity index (χ0v) is 17.1. The van der Waals surface area contributed by atoms with E-state index in [0.29, 0.717) is 37.6 Å². The van der Waals surface area contributed by atoms with Crippen molar-refractivity contribution in [2.24, 2.45) is 11.8 Å². The van der Waals surface area contributed by atoms with Crippen LogP contribution in [-0.4, -0.2) is 41.5 Å². The van der Waals surface area contributed by atoms with Crippen LogP contribution < -0.4 is 15.8 Å². The van der Waals surface area contributed by atoms with Gasteiger partial charge in [0.15, 0.2) is 0 Å². The second kappa shape index (κ2) is 8.60. The number of hydrogen-bond donors (Lipinski definition) is 2. The number of esters is 1. The van der Waals surface area contributed by atoms with Gasteiger partial charge in [-0.2, -0.15) is 10.2 Å². The van der Waals surface area contributed by atoms with Gasteiger partial charge in [0.1, 0.15) is 11.7 Å². The van der Waals surface area contributed by atoms with Crippen LogP contribution in [0.15, 0.2) is 35.1 Å². The first-order valence-corrected chi connectivity index (χ1v) is 10.3. The summed E-state index contributed by atoms with van der Waals surface area (Å²) in [6.45, 7) is 3.07. The van der Waals surface area contributed by atoms with E-state index in [0.717, 1.165) is 6.42 Å². The molecule has 31 heavy (non-hydrogen) atoms. The first kappa shape index (κ1) is 20.6. The van der Waals surface area contributed by atoms with Gasteiger partial charge in [0, 0.05) is 19.0 Å². The maximum absolute atomic E-state index is 13.1. The Hall–Kier alpha value is -3.67. The Labute approximate surface area is 179 Å². The summed E-state index contributed by atoms with van der Waals surface area (Å²) in [7, 11) is 0. The van der Waals surface area contributed by atoms with E-state index >= 15 is 0 Å². The summed E-state index contributed by atoms with van der Waals surface area (Å²) in [5.74, 6) is -2.36. The van der Waals surface area contributed by atoms with Gasteiger partial charge in [-0.1, -0.05) is 30.3 Å². The number of hydrogen-bond acceptors (Lipinski definition) is 7. The molecular formula is C22H23N5O4. The van der Waals surface area contributed by atoms with Crippen molar-refractivity contribution in [2.45, 2.75) is 25.7 Å². The largest absolute Gasteiger partial charge is 0.466 e. The average molecular weight is 421 g/mol. The summed E-state index contributed by atoms with van der Waals surface area (Å²) in [5, 5.41) is 12.2. The van der Waals surface area contributed by atoms with Crippen LogP contribution >= 0.6 is 0 Å². The fourth-order valence-electron chi connectivity index (χ4n) is 4.29. The molecule has 1 saturated heterocycles. The van der Waals surface area contributed by atoms with Crippen molar-refractivity contribution < 1.29 is 14.3 Å². The third-order valence-electron chi connectivity index (χ3n) is 5.75. The Bertz CT molecular complexity index is 1090. The molecular weight excluding hydrogens is 398 g/mol. The summed E-state index contributed by atoms with van der Waals surface area (Å²) in [4.78, 5) is 47.0. The van der Waals surface area contributed by atoms with E-state index in [-0.39, 0.29) is 23.3 Å². The molecule has 9 nitrogen and oxygen atoms in total. The van der Waals surface area contributed by atoms with E-state index in [1.54, 1.807) is 31.2 Å². The first-order chi connectivity index (χ1) is 15.0. The van der Waals surface area contributed by atoms with Crippen LogP contribution in [0.5, 0.6) is 0 Å². The number of aromatic nitrogens is 2. The van der Waals surface area contributed by atoms with Crippen molar-refractivity contribution >= 4 is 23.6 Å². The minimum atomic E-state index is -1.04. The Morgan fingerprint density at radius 3 is 2.81 bits per heavy atom. The lowest BCUT2D eigenvalue weighted by atomic mass is 9.79. The molecule has 4 rings (SSSR count). The molecule has 0 radical (unpaired) electrons. The maximum Gasteiger partial charge on any atom is 0.310 e. The number of ether oxygens (including phenoxy) is 1. The molecule has 1 fully saturated rings. The van der Waals surface area contributed by atoms with Gasteiger partial charge in [0.05, 0.1) is 24.2 Å². The van der Waals surface area contributed by atoms with E-state index in [1.807, 2.05) is 17.0 Å². The van der Waals surface area contributed by atoms with Crippen molar-refractivity contribution in [1.82, 2.24) is 9.97 Å². The lowest BCUT2D eigenvalue weighted by molar-refractivity contribution is -0.148. The number of carbonyl (C=O) groups excluding carboxylic acids is 2. The Balaban J connectivity index is 1.72. The highest BCUT2D eigenvalue weighted by atomic mass is 16.5. The average Bonchev–Trinajstić information content (AvgIpc) is 2.79. The summed E-state index contributed by atoms with van der Waals surface area (Å²) >= 11 is 0. The van der Waals surface area contributed by atoms with E-state index < -0.39 is 23.3 Å². The highest BCUT2D eigenvalue weighted by Gasteiger charge is 2.40. The van der Waals surface area contributed by atoms with Crippen LogP contribution in [0.1, 0.15) is 36.8 Å². The highest BCUT2D eigenvalue weighted by molar-refractivity contribution is 5.98. The zero-order chi connectivity index (χ0) is 22.0. The fraction of sp³-hybridized carbons (Fsp3) is 0.409. The zero-order valence-electron chi connectivity index (χ0n) is 17.1. The number of piperidine rings is 1. The Morgan fingerprint density at radius 2 is 2.10 bits per heavy atom. The standard InChI is InChI=1S/C22H23N5O4/c1-2-31-21(30)14-9-6-10-27(12-14)22-25-18-17(20(29)26-22)16(13-7-4-3-5-8-13)15(11-23)19(28)24-18/h3-5,7-8,14-16H,2,6,9-10,12H2,1H3,(H2,24,25,26,28,29). The molecule has 3 heterocycles. The Morgan fingerprint density at radius 1 is 1.32 bits per heavy atom. The van der Waals surface area contributed by atoms with E-state index in [4.69, 9.17) is 4.74 Å². The fourth-order valence-corrected chi connectivity index (χ4v) is 4.29. The van der Waals surface area contributed by atoms with Gasteiger partial charge in [-0.05, 0) is 25.3 Å². The molecule has 2 aromatic rings. The molecule has 2 aliphatic heterocycles. The number of fused-ring (bicyclic) bond motifs is 1. The number of rotatable bonds is 4. The van der Waals surface area contributed by atoms with Gasteiger partial charge >= 0.3 is 5.97 Å². The van der Waals surface area contributed by atoms with Crippen molar-refractivity contribution in [1.29, 1.82) is 5.26 Å². The van der Waals surface area contributed by atoms with Gasteiger partial charge in [-0.3, -0.25) is 19.4 Å². The van der Waals surface area contributed by atoms with Gasteiger partial charge in [0.25, 0.3) is 5.56 Å². The van der Waals surface area contributed by atoms with Crippen molar-refractivity contribution in [3.05, 3.63) is 51.8 Å². The number of amides is 1. The topological polar surface area (TPSA) is 128 Å². The smallest absolute Gasteiger partial charge is 0.310 e. The molecule has 9 heteroatoms. The second-order valence-corrected chi connectivity index (χ2v) is 7.67. The predicted molar refractivity (Wildman–Crippen MR) is 112 cm³/mol. The third-order valence-corrected chi connectivity index (χ3v) is 5.75. The number of nitrogens with one attached hydrogen (secondary N) is 2. The molecule has 160 valence electrons. The molecule has 2 aliphatic rings. The van der Waals surface area contributed by atoms with Gasteiger partial charge in [-0.15, -0.1) is 0 Å². The number of benzene rings is 1. The predicted octanol–water partition coefficient (Wildman–Crippen LogP) is 1.77. The summed E-state index contributed by atoms with van der Waals surface area (Å²) in [5.41, 5.74) is 0.554. The molecule has 3 unspecified atom stereocenters. The minimum absolute atomic E-state index is 0.155. The number of nitriles is 1. The Kier molecular flexibility index (Phi) is 5.71. The molecule has 0 bridgehead atoms. The number of nitrogens with zero attached hydrogens (tertiary/aromatic N) is 3. The van der Waals surface area contributed by atoms with Gasteiger partial charge in [0.2, 0.25) is 11.9 Å². The molecule has 0 saturated carbocycles. The van der Waals surface area contributed by atoms with Crippen molar-refractivity contribution in [3.63, 3.8) is 0 Å². The van der Waals surface area contributed by atoms with Gasteiger partial charge < -0.3 is 15.0 Å². The molecule has 2 N–H and O–H groups in total. The SMILES string of the molecule is CCOC(=O)C1CCCN(c2nc3c(c(=O)[nH]2)C(c2ccccc2)C(C#N)C(=O)N3)C1.